The lowest BCUT2D eigenvalue weighted by molar-refractivity contribution is -0.119. The number of carbonyl (C=O) groups excluding carboxylic acids is 1. The topological polar surface area (TPSA) is 85.8 Å². The molecule has 0 aliphatic carbocycles. The van der Waals surface area contributed by atoms with Gasteiger partial charge in [-0.3, -0.25) is 4.79 Å². The maximum atomic E-state index is 13.2. The summed E-state index contributed by atoms with van der Waals surface area (Å²) in [4.78, 5) is 11.0. The Morgan fingerprint density at radius 2 is 2.30 bits per heavy atom. The van der Waals surface area contributed by atoms with Gasteiger partial charge in [0.2, 0.25) is 5.91 Å². The number of aromatic nitrogens is 3. The highest BCUT2D eigenvalue weighted by Crippen LogP contribution is 2.18. The van der Waals surface area contributed by atoms with Gasteiger partial charge in [-0.2, -0.15) is 0 Å². The second-order valence-corrected chi connectivity index (χ2v) is 4.98. The van der Waals surface area contributed by atoms with Crippen molar-refractivity contribution < 1.29 is 9.18 Å². The van der Waals surface area contributed by atoms with Crippen LogP contribution >= 0.6 is 15.9 Å². The van der Waals surface area contributed by atoms with Crippen LogP contribution in [0.15, 0.2) is 28.9 Å². The molecule has 0 bridgehead atoms. The summed E-state index contributed by atoms with van der Waals surface area (Å²) in [6.45, 7) is 0.584. The third-order valence-electron chi connectivity index (χ3n) is 2.58. The second-order valence-electron chi connectivity index (χ2n) is 4.12. The number of nitrogens with one attached hydrogen (secondary N) is 1. The maximum Gasteiger partial charge on any atom is 0.234 e. The molecule has 0 saturated heterocycles. The van der Waals surface area contributed by atoms with E-state index < -0.39 is 0 Å². The molecule has 0 aliphatic rings. The normalized spacial score (nSPS) is 10.6. The standard InChI is InChI=1S/C12H13BrFN5O/c13-11-2-1-9(14)3-8(11)6-19-7-10(17-18-19)5-16-12(20)4-15/h1-3,7H,4-6,15H2,(H,16,20). The van der Waals surface area contributed by atoms with Gasteiger partial charge in [0.05, 0.1) is 25.8 Å². The van der Waals surface area contributed by atoms with E-state index in [1.165, 1.54) is 12.1 Å². The van der Waals surface area contributed by atoms with Crippen molar-refractivity contribution in [2.75, 3.05) is 6.54 Å². The average molecular weight is 342 g/mol. The minimum absolute atomic E-state index is 0.0651. The van der Waals surface area contributed by atoms with Crippen LogP contribution in [-0.4, -0.2) is 27.4 Å². The smallest absolute Gasteiger partial charge is 0.234 e. The van der Waals surface area contributed by atoms with Crippen LogP contribution in [0, 0.1) is 5.82 Å². The number of hydrogen-bond donors (Lipinski definition) is 2. The van der Waals surface area contributed by atoms with Crippen molar-refractivity contribution in [3.05, 3.63) is 45.9 Å². The summed E-state index contributed by atoms with van der Waals surface area (Å²) in [5, 5.41) is 10.4. The van der Waals surface area contributed by atoms with Crippen molar-refractivity contribution in [1.82, 2.24) is 20.3 Å². The van der Waals surface area contributed by atoms with E-state index in [2.05, 4.69) is 31.6 Å². The van der Waals surface area contributed by atoms with Crippen LogP contribution in [0.2, 0.25) is 0 Å². The molecule has 6 nitrogen and oxygen atoms in total. The number of hydrogen-bond acceptors (Lipinski definition) is 4. The highest BCUT2D eigenvalue weighted by atomic mass is 79.9. The number of benzene rings is 1. The zero-order chi connectivity index (χ0) is 14.5. The fourth-order valence-corrected chi connectivity index (χ4v) is 1.97. The minimum Gasteiger partial charge on any atom is -0.349 e. The van der Waals surface area contributed by atoms with Gasteiger partial charge in [0.25, 0.3) is 0 Å². The summed E-state index contributed by atoms with van der Waals surface area (Å²) in [5.41, 5.74) is 6.55. The van der Waals surface area contributed by atoms with Gasteiger partial charge in [-0.15, -0.1) is 5.10 Å². The molecule has 0 spiro atoms. The minimum atomic E-state index is -0.307. The summed E-state index contributed by atoms with van der Waals surface area (Å²) in [6, 6.07) is 4.45. The van der Waals surface area contributed by atoms with E-state index in [0.29, 0.717) is 12.2 Å². The van der Waals surface area contributed by atoms with Gasteiger partial charge in [-0.05, 0) is 23.8 Å². The summed E-state index contributed by atoms with van der Waals surface area (Å²) in [7, 11) is 0. The molecule has 0 radical (unpaired) electrons. The maximum absolute atomic E-state index is 13.2. The van der Waals surface area contributed by atoms with Crippen LogP contribution in [0.4, 0.5) is 4.39 Å². The number of carbonyl (C=O) groups is 1. The Bertz CT molecular complexity index is 616. The molecule has 106 valence electrons. The molecule has 1 heterocycles. The van der Waals surface area contributed by atoms with Crippen molar-refractivity contribution in [2.24, 2.45) is 5.73 Å². The van der Waals surface area contributed by atoms with E-state index in [1.54, 1.807) is 16.9 Å². The molecule has 0 fully saturated rings. The highest BCUT2D eigenvalue weighted by molar-refractivity contribution is 9.10. The zero-order valence-corrected chi connectivity index (χ0v) is 12.1. The van der Waals surface area contributed by atoms with Crippen molar-refractivity contribution in [3.8, 4) is 0 Å². The molecule has 2 rings (SSSR count). The fraction of sp³-hybridized carbons (Fsp3) is 0.250. The van der Waals surface area contributed by atoms with Gasteiger partial charge >= 0.3 is 0 Å². The Kier molecular flexibility index (Phi) is 4.80. The van der Waals surface area contributed by atoms with Crippen LogP contribution in [0.3, 0.4) is 0 Å². The van der Waals surface area contributed by atoms with Crippen LogP contribution < -0.4 is 11.1 Å². The van der Waals surface area contributed by atoms with E-state index in [4.69, 9.17) is 5.73 Å². The lowest BCUT2D eigenvalue weighted by atomic mass is 10.2. The summed E-state index contributed by atoms with van der Waals surface area (Å²) in [6.07, 6.45) is 1.69. The first-order valence-electron chi connectivity index (χ1n) is 5.88. The van der Waals surface area contributed by atoms with Gasteiger partial charge in [0.15, 0.2) is 0 Å². The molecule has 20 heavy (non-hydrogen) atoms. The number of nitrogens with zero attached hydrogens (tertiary/aromatic N) is 3. The zero-order valence-electron chi connectivity index (χ0n) is 10.5. The quantitative estimate of drug-likeness (QED) is 0.842. The number of amides is 1. The van der Waals surface area contributed by atoms with E-state index in [0.717, 1.165) is 10.0 Å². The molecule has 0 aliphatic heterocycles. The molecule has 1 amide bonds. The van der Waals surface area contributed by atoms with Crippen LogP contribution in [-0.2, 0) is 17.9 Å². The molecule has 0 unspecified atom stereocenters. The Morgan fingerprint density at radius 3 is 3.05 bits per heavy atom. The summed E-state index contributed by atoms with van der Waals surface area (Å²) >= 11 is 3.35. The van der Waals surface area contributed by atoms with E-state index >= 15 is 0 Å². The van der Waals surface area contributed by atoms with Gasteiger partial charge in [-0.25, -0.2) is 9.07 Å². The van der Waals surface area contributed by atoms with Gasteiger partial charge in [0.1, 0.15) is 11.5 Å². The first kappa shape index (κ1) is 14.6. The van der Waals surface area contributed by atoms with E-state index in [9.17, 15) is 9.18 Å². The van der Waals surface area contributed by atoms with E-state index in [-0.39, 0.29) is 24.8 Å². The second kappa shape index (κ2) is 6.58. The molecule has 2 aromatic rings. The van der Waals surface area contributed by atoms with Crippen LogP contribution in [0.25, 0.3) is 0 Å². The molecule has 3 N–H and O–H groups in total. The van der Waals surface area contributed by atoms with Gasteiger partial charge in [-0.1, -0.05) is 21.1 Å². The lowest BCUT2D eigenvalue weighted by Crippen LogP contribution is -2.29. The van der Waals surface area contributed by atoms with E-state index in [1.807, 2.05) is 0 Å². The van der Waals surface area contributed by atoms with Gasteiger partial charge < -0.3 is 11.1 Å². The summed E-state index contributed by atoms with van der Waals surface area (Å²) < 4.78 is 15.5. The van der Waals surface area contributed by atoms with Gasteiger partial charge in [0, 0.05) is 4.47 Å². The molecule has 8 heteroatoms. The predicted octanol–water partition coefficient (Wildman–Crippen LogP) is 0.803. The first-order chi connectivity index (χ1) is 9.58. The molecule has 1 aromatic heterocycles. The number of nitrogens with two attached hydrogens (primary N) is 1. The Hall–Kier alpha value is -1.80. The largest absolute Gasteiger partial charge is 0.349 e. The van der Waals surface area contributed by atoms with Crippen molar-refractivity contribution in [2.45, 2.75) is 13.1 Å². The monoisotopic (exact) mass is 341 g/mol. The SMILES string of the molecule is NCC(=O)NCc1cn(Cc2cc(F)ccc2Br)nn1. The Labute approximate surface area is 123 Å². The van der Waals surface area contributed by atoms with Crippen LogP contribution in [0.1, 0.15) is 11.3 Å². The Balaban J connectivity index is 2.02. The van der Waals surface area contributed by atoms with Crippen molar-refractivity contribution >= 4 is 21.8 Å². The predicted molar refractivity (Wildman–Crippen MR) is 74.1 cm³/mol. The molecule has 0 saturated carbocycles. The fourth-order valence-electron chi connectivity index (χ4n) is 1.60. The van der Waals surface area contributed by atoms with Crippen molar-refractivity contribution in [1.29, 1.82) is 0 Å². The highest BCUT2D eigenvalue weighted by Gasteiger charge is 2.06. The Morgan fingerprint density at radius 1 is 1.50 bits per heavy atom. The molecule has 0 atom stereocenters. The molecular weight excluding hydrogens is 329 g/mol. The van der Waals surface area contributed by atoms with Crippen molar-refractivity contribution in [3.63, 3.8) is 0 Å². The molecule has 1 aromatic carbocycles. The average Bonchev–Trinajstić information content (AvgIpc) is 2.88. The third kappa shape index (κ3) is 3.84. The summed E-state index contributed by atoms with van der Waals surface area (Å²) in [5.74, 6) is -0.564. The lowest BCUT2D eigenvalue weighted by Gasteiger charge is -2.04. The third-order valence-corrected chi connectivity index (χ3v) is 3.35. The van der Waals surface area contributed by atoms with Crippen LogP contribution in [0.5, 0.6) is 0 Å². The first-order valence-corrected chi connectivity index (χ1v) is 6.67. The number of halogens is 2. The number of rotatable bonds is 5. The molecular formula is C12H13BrFN5O.